The molecule has 0 spiro atoms. The lowest BCUT2D eigenvalue weighted by atomic mass is 9.98. The van der Waals surface area contributed by atoms with Gasteiger partial charge in [-0.05, 0) is 21.9 Å². The van der Waals surface area contributed by atoms with E-state index >= 15 is 0 Å². The number of hydrogen-bond acceptors (Lipinski definition) is 10. The number of aromatic nitrogens is 8. The Morgan fingerprint density at radius 1 is 0.842 bits per heavy atom. The van der Waals surface area contributed by atoms with Gasteiger partial charge in [-0.25, -0.2) is 4.98 Å². The normalized spacial score (nSPS) is 11.4. The number of benzene rings is 2. The van der Waals surface area contributed by atoms with Crippen LogP contribution in [0.4, 0.5) is 0 Å². The molecule has 0 aliphatic heterocycles. The van der Waals surface area contributed by atoms with Gasteiger partial charge < -0.3 is 23.5 Å². The lowest BCUT2D eigenvalue weighted by molar-refractivity contribution is 0.0435. The fraction of sp³-hybridized carbons (Fsp3) is 0.308. The van der Waals surface area contributed by atoms with Gasteiger partial charge in [0, 0.05) is 32.2 Å². The third-order valence-electron chi connectivity index (χ3n) is 5.90. The first kappa shape index (κ1) is 25.2. The van der Waals surface area contributed by atoms with Crippen molar-refractivity contribution < 1.29 is 18.9 Å². The predicted molar refractivity (Wildman–Crippen MR) is 139 cm³/mol. The molecule has 12 nitrogen and oxygen atoms in total. The number of imidazole rings is 1. The average Bonchev–Trinajstić information content (AvgIpc) is 3.61. The lowest BCUT2D eigenvalue weighted by Crippen LogP contribution is -2.10. The summed E-state index contributed by atoms with van der Waals surface area (Å²) in [6.45, 7) is 4.76. The maximum atomic E-state index is 5.76. The summed E-state index contributed by atoms with van der Waals surface area (Å²) in [7, 11) is 3.10. The van der Waals surface area contributed by atoms with Crippen LogP contribution in [0.25, 0.3) is 33.5 Å². The number of H-pyrrole nitrogens is 1. The van der Waals surface area contributed by atoms with Crippen LogP contribution in [-0.2, 0) is 16.0 Å². The Labute approximate surface area is 218 Å². The fourth-order valence-corrected chi connectivity index (χ4v) is 4.22. The van der Waals surface area contributed by atoms with Crippen LogP contribution in [0.1, 0.15) is 31.2 Å². The van der Waals surface area contributed by atoms with Crippen molar-refractivity contribution in [2.45, 2.75) is 26.3 Å². The zero-order valence-corrected chi connectivity index (χ0v) is 21.6. The molecule has 196 valence electrons. The van der Waals surface area contributed by atoms with Gasteiger partial charge in [-0.1, -0.05) is 62.4 Å². The molecular formula is C26H28N8O4. The largest absolute Gasteiger partial charge is 0.448 e. The minimum Gasteiger partial charge on any atom is -0.448 e. The van der Waals surface area contributed by atoms with Crippen molar-refractivity contribution in [2.75, 3.05) is 27.8 Å². The van der Waals surface area contributed by atoms with Gasteiger partial charge in [0.25, 0.3) is 11.8 Å². The van der Waals surface area contributed by atoms with Crippen molar-refractivity contribution in [1.29, 1.82) is 0 Å². The molecule has 0 saturated heterocycles. The molecule has 0 atom stereocenters. The van der Waals surface area contributed by atoms with Crippen LogP contribution < -0.4 is 9.47 Å². The summed E-state index contributed by atoms with van der Waals surface area (Å²) in [5.74, 6) is 2.12. The zero-order chi connectivity index (χ0) is 26.5. The molecule has 0 aliphatic carbocycles. The summed E-state index contributed by atoms with van der Waals surface area (Å²) in [6.07, 6.45) is 0. The summed E-state index contributed by atoms with van der Waals surface area (Å²) in [6, 6.07) is 16.3. The van der Waals surface area contributed by atoms with Crippen molar-refractivity contribution in [3.63, 3.8) is 0 Å². The third kappa shape index (κ3) is 5.04. The number of aromatic amines is 1. The van der Waals surface area contributed by atoms with Crippen molar-refractivity contribution in [2.24, 2.45) is 0 Å². The molecule has 1 N–H and O–H groups in total. The second-order valence-electron chi connectivity index (χ2n) is 8.80. The van der Waals surface area contributed by atoms with Crippen molar-refractivity contribution in [1.82, 2.24) is 40.4 Å². The number of nitrogens with one attached hydrogen (secondary N) is 1. The summed E-state index contributed by atoms with van der Waals surface area (Å²) >= 11 is 0. The third-order valence-corrected chi connectivity index (χ3v) is 5.90. The van der Waals surface area contributed by atoms with Crippen LogP contribution in [0, 0.1) is 0 Å². The molecule has 0 amide bonds. The number of methoxy groups -OCH3 is 2. The molecule has 3 heterocycles. The smallest absolute Gasteiger partial charge is 0.264 e. The highest BCUT2D eigenvalue weighted by Crippen LogP contribution is 2.34. The summed E-state index contributed by atoms with van der Waals surface area (Å²) < 4.78 is 23.7. The molecule has 0 unspecified atom stereocenters. The lowest BCUT2D eigenvalue weighted by Gasteiger charge is -2.14. The van der Waals surface area contributed by atoms with Crippen LogP contribution in [0.15, 0.2) is 48.5 Å². The van der Waals surface area contributed by atoms with E-state index in [1.54, 1.807) is 14.2 Å². The molecule has 0 aliphatic rings. The highest BCUT2D eigenvalue weighted by molar-refractivity contribution is 5.85. The van der Waals surface area contributed by atoms with Gasteiger partial charge in [-0.15, -0.1) is 20.4 Å². The first-order valence-electron chi connectivity index (χ1n) is 12.0. The van der Waals surface area contributed by atoms with Crippen LogP contribution in [-0.4, -0.2) is 68.2 Å². The highest BCUT2D eigenvalue weighted by Gasteiger charge is 2.23. The van der Waals surface area contributed by atoms with E-state index in [1.165, 1.54) is 0 Å². The van der Waals surface area contributed by atoms with E-state index in [-0.39, 0.29) is 25.4 Å². The first-order valence-corrected chi connectivity index (χ1v) is 12.0. The SMILES string of the molecule is COCOc1nnc(OCOC)c2c1nc(C(C)C)n2Cc1ccc(-c2ccccc2-c2nn[nH]n2)cc1. The molecule has 0 bridgehead atoms. The molecule has 0 radical (unpaired) electrons. The second-order valence-corrected chi connectivity index (χ2v) is 8.80. The van der Waals surface area contributed by atoms with Crippen molar-refractivity contribution in [3.8, 4) is 34.3 Å². The molecule has 5 aromatic rings. The predicted octanol–water partition coefficient (Wildman–Crippen LogP) is 3.81. The monoisotopic (exact) mass is 516 g/mol. The molecule has 5 rings (SSSR count). The van der Waals surface area contributed by atoms with Crippen LogP contribution >= 0.6 is 0 Å². The van der Waals surface area contributed by atoms with Gasteiger partial charge in [0.1, 0.15) is 11.3 Å². The molecule has 38 heavy (non-hydrogen) atoms. The van der Waals surface area contributed by atoms with Crippen LogP contribution in [0.2, 0.25) is 0 Å². The average molecular weight is 517 g/mol. The van der Waals surface area contributed by atoms with E-state index in [9.17, 15) is 0 Å². The number of fused-ring (bicyclic) bond motifs is 1. The number of tetrazole rings is 1. The Kier molecular flexibility index (Phi) is 7.52. The Hall–Kier alpha value is -4.42. The van der Waals surface area contributed by atoms with Gasteiger partial charge in [0.05, 0.1) is 0 Å². The number of ether oxygens (including phenoxy) is 4. The van der Waals surface area contributed by atoms with Crippen LogP contribution in [0.3, 0.4) is 0 Å². The molecule has 0 saturated carbocycles. The maximum absolute atomic E-state index is 5.76. The van der Waals surface area contributed by atoms with E-state index in [2.05, 4.69) is 73.5 Å². The highest BCUT2D eigenvalue weighted by atomic mass is 16.7. The quantitative estimate of drug-likeness (QED) is 0.258. The first-order chi connectivity index (χ1) is 18.6. The topological polar surface area (TPSA) is 135 Å². The van der Waals surface area contributed by atoms with Crippen LogP contribution in [0.5, 0.6) is 11.8 Å². The second kappa shape index (κ2) is 11.3. The fourth-order valence-electron chi connectivity index (χ4n) is 4.22. The molecule has 3 aromatic heterocycles. The number of rotatable bonds is 11. The molecule has 0 fully saturated rings. The Morgan fingerprint density at radius 3 is 2.18 bits per heavy atom. The maximum Gasteiger partial charge on any atom is 0.264 e. The Morgan fingerprint density at radius 2 is 1.53 bits per heavy atom. The van der Waals surface area contributed by atoms with Gasteiger partial charge >= 0.3 is 0 Å². The zero-order valence-electron chi connectivity index (χ0n) is 21.6. The van der Waals surface area contributed by atoms with E-state index < -0.39 is 0 Å². The van der Waals surface area contributed by atoms with Gasteiger partial charge in [-0.3, -0.25) is 0 Å². The van der Waals surface area contributed by atoms with Crippen molar-refractivity contribution >= 4 is 11.0 Å². The Balaban J connectivity index is 1.54. The van der Waals surface area contributed by atoms with Gasteiger partial charge in [-0.2, -0.15) is 5.21 Å². The minimum absolute atomic E-state index is 0.0265. The molecular weight excluding hydrogens is 488 g/mol. The van der Waals surface area contributed by atoms with Gasteiger partial charge in [0.2, 0.25) is 5.82 Å². The number of nitrogens with zero attached hydrogens (tertiary/aromatic N) is 7. The van der Waals surface area contributed by atoms with E-state index in [0.29, 0.717) is 29.3 Å². The summed E-state index contributed by atoms with van der Waals surface area (Å²) in [5, 5.41) is 22.9. The summed E-state index contributed by atoms with van der Waals surface area (Å²) in [5.41, 5.74) is 5.26. The molecule has 12 heteroatoms. The number of hydrogen-bond donors (Lipinski definition) is 1. The summed E-state index contributed by atoms with van der Waals surface area (Å²) in [4.78, 5) is 4.87. The van der Waals surface area contributed by atoms with E-state index in [4.69, 9.17) is 23.9 Å². The van der Waals surface area contributed by atoms with E-state index in [1.807, 2.05) is 24.3 Å². The minimum atomic E-state index is 0.0265. The van der Waals surface area contributed by atoms with Crippen molar-refractivity contribution in [3.05, 3.63) is 59.9 Å². The Bertz CT molecular complexity index is 1500. The standard InChI is InChI=1S/C26H28N8O4/c1-16(2)24-27-21-22(26(38-15-36-4)31-30-25(21)37-14-35-3)34(24)13-17-9-11-18(12-10-17)19-7-5-6-8-20(19)23-28-32-33-29-23/h5-12,16H,13-15H2,1-4H3,(H,28,29,32,33). The van der Waals surface area contributed by atoms with E-state index in [0.717, 1.165) is 28.1 Å². The molecule has 2 aromatic carbocycles. The van der Waals surface area contributed by atoms with Gasteiger partial charge in [0.15, 0.2) is 19.1 Å².